The van der Waals surface area contributed by atoms with E-state index in [4.69, 9.17) is 11.6 Å². The van der Waals surface area contributed by atoms with Gasteiger partial charge in [-0.25, -0.2) is 0 Å². The zero-order valence-electron chi connectivity index (χ0n) is 5.85. The van der Waals surface area contributed by atoms with Gasteiger partial charge in [-0.15, -0.1) is 0 Å². The van der Waals surface area contributed by atoms with E-state index in [1.165, 1.54) is 6.20 Å². The molecule has 54 valence electrons. The van der Waals surface area contributed by atoms with Crippen LogP contribution in [-0.2, 0) is 0 Å². The Morgan fingerprint density at radius 2 is 2.10 bits per heavy atom. The number of aryl methyl sites for hydroxylation is 1. The first-order chi connectivity index (χ1) is 4.63. The van der Waals surface area contributed by atoms with Gasteiger partial charge in [0.1, 0.15) is 5.75 Å². The topological polar surface area (TPSA) is 33.1 Å². The van der Waals surface area contributed by atoms with Gasteiger partial charge in [-0.1, -0.05) is 11.6 Å². The second-order valence-electron chi connectivity index (χ2n) is 2.17. The Bertz CT molecular complexity index is 233. The van der Waals surface area contributed by atoms with Gasteiger partial charge in [0.15, 0.2) is 0 Å². The Morgan fingerprint density at radius 3 is 2.60 bits per heavy atom. The second kappa shape index (κ2) is 2.46. The van der Waals surface area contributed by atoms with Crippen LogP contribution in [0.3, 0.4) is 0 Å². The van der Waals surface area contributed by atoms with Gasteiger partial charge >= 0.3 is 0 Å². The second-order valence-corrected chi connectivity index (χ2v) is 2.57. The Morgan fingerprint density at radius 1 is 1.50 bits per heavy atom. The summed E-state index contributed by atoms with van der Waals surface area (Å²) in [6.07, 6.45) is 1.53. The van der Waals surface area contributed by atoms with Crippen LogP contribution in [0, 0.1) is 13.8 Å². The molecule has 0 unspecified atom stereocenters. The summed E-state index contributed by atoms with van der Waals surface area (Å²) in [7, 11) is 0. The van der Waals surface area contributed by atoms with E-state index in [0.717, 1.165) is 0 Å². The fraction of sp³-hybridized carbons (Fsp3) is 0.286. The van der Waals surface area contributed by atoms with Crippen LogP contribution in [0.4, 0.5) is 0 Å². The fourth-order valence-corrected chi connectivity index (χ4v) is 0.834. The third-order valence-electron chi connectivity index (χ3n) is 1.43. The molecule has 0 amide bonds. The first-order valence-corrected chi connectivity index (χ1v) is 3.31. The first kappa shape index (κ1) is 7.35. The van der Waals surface area contributed by atoms with E-state index in [0.29, 0.717) is 16.3 Å². The Hall–Kier alpha value is -0.760. The summed E-state index contributed by atoms with van der Waals surface area (Å²) in [5.74, 6) is 0.188. The lowest BCUT2D eigenvalue weighted by molar-refractivity contribution is 0.463. The Balaban J connectivity index is 3.34. The normalized spacial score (nSPS) is 9.90. The van der Waals surface area contributed by atoms with Crippen LogP contribution >= 0.6 is 11.6 Å². The van der Waals surface area contributed by atoms with Gasteiger partial charge in [0.25, 0.3) is 0 Å². The maximum absolute atomic E-state index is 9.24. The van der Waals surface area contributed by atoms with Gasteiger partial charge in [0, 0.05) is 11.8 Å². The van der Waals surface area contributed by atoms with Crippen molar-refractivity contribution in [3.8, 4) is 5.75 Å². The third-order valence-corrected chi connectivity index (χ3v) is 1.81. The number of halogens is 1. The van der Waals surface area contributed by atoms with Crippen LogP contribution in [0.25, 0.3) is 0 Å². The number of aromatic hydroxyl groups is 1. The number of nitrogens with zero attached hydrogens (tertiary/aromatic N) is 1. The molecule has 0 saturated heterocycles. The molecule has 10 heavy (non-hydrogen) atoms. The molecule has 0 spiro atoms. The average Bonchev–Trinajstić information content (AvgIpc) is 1.93. The molecule has 3 heteroatoms. The van der Waals surface area contributed by atoms with Crippen LogP contribution in [0.5, 0.6) is 5.75 Å². The van der Waals surface area contributed by atoms with Crippen molar-refractivity contribution < 1.29 is 5.11 Å². The van der Waals surface area contributed by atoms with Crippen molar-refractivity contribution >= 4 is 11.6 Å². The molecule has 0 bridgehead atoms. The molecule has 1 heterocycles. The van der Waals surface area contributed by atoms with Crippen molar-refractivity contribution in [2.45, 2.75) is 13.8 Å². The predicted octanol–water partition coefficient (Wildman–Crippen LogP) is 2.06. The van der Waals surface area contributed by atoms with E-state index >= 15 is 0 Å². The molecule has 0 saturated carbocycles. The minimum Gasteiger partial charge on any atom is -0.506 e. The highest BCUT2D eigenvalue weighted by atomic mass is 35.5. The van der Waals surface area contributed by atoms with Crippen molar-refractivity contribution in [3.63, 3.8) is 0 Å². The van der Waals surface area contributed by atoms with E-state index in [1.54, 1.807) is 13.8 Å². The lowest BCUT2D eigenvalue weighted by Crippen LogP contribution is -1.85. The minimum atomic E-state index is 0.188. The van der Waals surface area contributed by atoms with Crippen molar-refractivity contribution in [1.82, 2.24) is 4.98 Å². The SMILES string of the molecule is Cc1ncc(Cl)c(C)c1O. The lowest BCUT2D eigenvalue weighted by Gasteiger charge is -2.01. The summed E-state index contributed by atoms with van der Waals surface area (Å²) in [6, 6.07) is 0. The maximum Gasteiger partial charge on any atom is 0.141 e. The zero-order chi connectivity index (χ0) is 7.72. The van der Waals surface area contributed by atoms with Crippen molar-refractivity contribution in [1.29, 1.82) is 0 Å². The molecule has 0 fully saturated rings. The standard InChI is InChI=1S/C7H8ClNO/c1-4-6(8)3-9-5(2)7(4)10/h3,10H,1-2H3. The molecule has 0 aliphatic carbocycles. The maximum atomic E-state index is 9.24. The molecule has 1 aromatic heterocycles. The van der Waals surface area contributed by atoms with Crippen LogP contribution in [0.1, 0.15) is 11.3 Å². The monoisotopic (exact) mass is 157 g/mol. The highest BCUT2D eigenvalue weighted by Gasteiger charge is 2.03. The van der Waals surface area contributed by atoms with Crippen LogP contribution in [-0.4, -0.2) is 10.1 Å². The number of aromatic nitrogens is 1. The fourth-order valence-electron chi connectivity index (χ4n) is 0.696. The molecule has 0 aliphatic heterocycles. The van der Waals surface area contributed by atoms with Crippen molar-refractivity contribution in [3.05, 3.63) is 22.5 Å². The summed E-state index contributed by atoms with van der Waals surface area (Å²) >= 11 is 5.66. The summed E-state index contributed by atoms with van der Waals surface area (Å²) in [4.78, 5) is 3.86. The smallest absolute Gasteiger partial charge is 0.141 e. The molecule has 1 N–H and O–H groups in total. The minimum absolute atomic E-state index is 0.188. The van der Waals surface area contributed by atoms with Crippen LogP contribution < -0.4 is 0 Å². The highest BCUT2D eigenvalue weighted by molar-refractivity contribution is 6.31. The van der Waals surface area contributed by atoms with Gasteiger partial charge in [-0.05, 0) is 13.8 Å². The van der Waals surface area contributed by atoms with Crippen LogP contribution in [0.15, 0.2) is 6.20 Å². The quantitative estimate of drug-likeness (QED) is 0.626. The largest absolute Gasteiger partial charge is 0.506 e. The van der Waals surface area contributed by atoms with E-state index in [-0.39, 0.29) is 5.75 Å². The average molecular weight is 158 g/mol. The number of pyridine rings is 1. The molecule has 0 radical (unpaired) electrons. The molecular formula is C7H8ClNO. The lowest BCUT2D eigenvalue weighted by atomic mass is 10.2. The summed E-state index contributed by atoms with van der Waals surface area (Å²) in [5, 5.41) is 9.74. The van der Waals surface area contributed by atoms with Gasteiger partial charge in [-0.2, -0.15) is 0 Å². The summed E-state index contributed by atoms with van der Waals surface area (Å²) in [5.41, 5.74) is 1.30. The molecule has 0 aromatic carbocycles. The van der Waals surface area contributed by atoms with E-state index in [9.17, 15) is 5.11 Å². The van der Waals surface area contributed by atoms with Gasteiger partial charge < -0.3 is 5.11 Å². The zero-order valence-corrected chi connectivity index (χ0v) is 6.61. The Kier molecular flexibility index (Phi) is 1.81. The van der Waals surface area contributed by atoms with E-state index < -0.39 is 0 Å². The van der Waals surface area contributed by atoms with Crippen LogP contribution in [0.2, 0.25) is 5.02 Å². The molecule has 1 aromatic rings. The molecule has 0 atom stereocenters. The number of hydrogen-bond donors (Lipinski definition) is 1. The molecule has 2 nitrogen and oxygen atoms in total. The number of rotatable bonds is 0. The van der Waals surface area contributed by atoms with E-state index in [1.807, 2.05) is 0 Å². The highest BCUT2D eigenvalue weighted by Crippen LogP contribution is 2.25. The Labute approximate surface area is 64.5 Å². The molecule has 0 aliphatic rings. The predicted molar refractivity (Wildman–Crippen MR) is 40.4 cm³/mol. The first-order valence-electron chi connectivity index (χ1n) is 2.93. The van der Waals surface area contributed by atoms with E-state index in [2.05, 4.69) is 4.98 Å². The summed E-state index contributed by atoms with van der Waals surface area (Å²) < 4.78 is 0. The van der Waals surface area contributed by atoms with Crippen molar-refractivity contribution in [2.75, 3.05) is 0 Å². The molecular weight excluding hydrogens is 150 g/mol. The van der Waals surface area contributed by atoms with Crippen molar-refractivity contribution in [2.24, 2.45) is 0 Å². The van der Waals surface area contributed by atoms with Gasteiger partial charge in [0.2, 0.25) is 0 Å². The number of hydrogen-bond acceptors (Lipinski definition) is 2. The molecule has 1 rings (SSSR count). The van der Waals surface area contributed by atoms with Gasteiger partial charge in [0.05, 0.1) is 10.7 Å². The third kappa shape index (κ3) is 1.07. The summed E-state index contributed by atoms with van der Waals surface area (Å²) in [6.45, 7) is 3.49. The van der Waals surface area contributed by atoms with Gasteiger partial charge in [-0.3, -0.25) is 4.98 Å².